The molecule has 0 unspecified atom stereocenters. The van der Waals surface area contributed by atoms with Crippen LogP contribution in [0.3, 0.4) is 0 Å². The maximum absolute atomic E-state index is 5.77. The molecule has 0 saturated carbocycles. The summed E-state index contributed by atoms with van der Waals surface area (Å²) in [4.78, 5) is 0. The zero-order valence-electron chi connectivity index (χ0n) is 7.67. The van der Waals surface area contributed by atoms with Crippen molar-refractivity contribution < 1.29 is 9.47 Å². The van der Waals surface area contributed by atoms with Crippen LogP contribution < -0.4 is 15.2 Å². The molecule has 2 rings (SSSR count). The Hall–Kier alpha value is -1.38. The van der Waals surface area contributed by atoms with Crippen LogP contribution in [0.1, 0.15) is 12.0 Å². The number of rotatable bonds is 1. The number of hydrogen-bond acceptors (Lipinski definition) is 3. The number of hydrogen-bond donors (Lipinski definition) is 1. The van der Waals surface area contributed by atoms with Crippen molar-refractivity contribution in [3.63, 3.8) is 0 Å². The topological polar surface area (TPSA) is 44.5 Å². The predicted molar refractivity (Wildman–Crippen MR) is 51.2 cm³/mol. The van der Waals surface area contributed by atoms with Crippen molar-refractivity contribution in [1.82, 2.24) is 0 Å². The summed E-state index contributed by atoms with van der Waals surface area (Å²) in [6.07, 6.45) is 2.11. The second kappa shape index (κ2) is 3.17. The number of ether oxygens (including phenoxy) is 2. The predicted octanol–water partition coefficient (Wildman–Crippen LogP) is 1.60. The lowest BCUT2D eigenvalue weighted by atomic mass is 10.1. The van der Waals surface area contributed by atoms with Gasteiger partial charge in [-0.1, -0.05) is 0 Å². The summed E-state index contributed by atoms with van der Waals surface area (Å²) < 4.78 is 10.6. The van der Waals surface area contributed by atoms with E-state index in [0.29, 0.717) is 11.4 Å². The van der Waals surface area contributed by atoms with E-state index >= 15 is 0 Å². The number of benzene rings is 1. The minimum absolute atomic E-state index is 0.687. The van der Waals surface area contributed by atoms with E-state index in [9.17, 15) is 0 Å². The molecule has 0 spiro atoms. The summed E-state index contributed by atoms with van der Waals surface area (Å²) in [7, 11) is 1.61. The molecule has 1 heterocycles. The third kappa shape index (κ3) is 1.41. The van der Waals surface area contributed by atoms with Gasteiger partial charge < -0.3 is 15.2 Å². The third-order valence-corrected chi connectivity index (χ3v) is 2.26. The fraction of sp³-hybridized carbons (Fsp3) is 0.400. The molecule has 0 radical (unpaired) electrons. The molecule has 0 atom stereocenters. The van der Waals surface area contributed by atoms with Crippen molar-refractivity contribution in [2.45, 2.75) is 12.8 Å². The summed E-state index contributed by atoms with van der Waals surface area (Å²) in [6, 6.07) is 3.80. The van der Waals surface area contributed by atoms with Crippen molar-refractivity contribution in [3.8, 4) is 11.5 Å². The number of methoxy groups -OCH3 is 1. The van der Waals surface area contributed by atoms with Crippen LogP contribution in [-0.2, 0) is 6.42 Å². The van der Waals surface area contributed by atoms with Crippen LogP contribution in [0.2, 0.25) is 0 Å². The van der Waals surface area contributed by atoms with E-state index in [1.54, 1.807) is 7.11 Å². The molecule has 2 N–H and O–H groups in total. The lowest BCUT2D eigenvalue weighted by Gasteiger charge is -2.18. The minimum atomic E-state index is 0.687. The molecule has 13 heavy (non-hydrogen) atoms. The lowest BCUT2D eigenvalue weighted by Crippen LogP contribution is -2.09. The standard InChI is InChI=1S/C10H13NO2/c1-12-10-6-9-7(5-8(10)11)3-2-4-13-9/h5-6H,2-4,11H2,1H3. The summed E-state index contributed by atoms with van der Waals surface area (Å²) in [6.45, 7) is 0.792. The average Bonchev–Trinajstić information content (AvgIpc) is 2.17. The van der Waals surface area contributed by atoms with Crippen molar-refractivity contribution in [3.05, 3.63) is 17.7 Å². The van der Waals surface area contributed by atoms with Gasteiger partial charge in [-0.25, -0.2) is 0 Å². The van der Waals surface area contributed by atoms with Crippen LogP contribution in [0, 0.1) is 0 Å². The molecule has 0 fully saturated rings. The number of fused-ring (bicyclic) bond motifs is 1. The van der Waals surface area contributed by atoms with Gasteiger partial charge in [0.1, 0.15) is 11.5 Å². The first-order valence-electron chi connectivity index (χ1n) is 4.40. The van der Waals surface area contributed by atoms with Gasteiger partial charge in [-0.15, -0.1) is 0 Å². The van der Waals surface area contributed by atoms with Gasteiger partial charge in [0.05, 0.1) is 19.4 Å². The van der Waals surface area contributed by atoms with E-state index in [0.717, 1.165) is 25.2 Å². The van der Waals surface area contributed by atoms with Crippen LogP contribution in [0.4, 0.5) is 5.69 Å². The molecule has 1 aromatic rings. The molecule has 3 nitrogen and oxygen atoms in total. The molecule has 0 aromatic heterocycles. The molecule has 0 amide bonds. The second-order valence-electron chi connectivity index (χ2n) is 3.15. The van der Waals surface area contributed by atoms with Crippen molar-refractivity contribution in [1.29, 1.82) is 0 Å². The fourth-order valence-corrected chi connectivity index (χ4v) is 1.58. The first-order valence-corrected chi connectivity index (χ1v) is 4.40. The molecule has 70 valence electrons. The fourth-order valence-electron chi connectivity index (χ4n) is 1.58. The van der Waals surface area contributed by atoms with Gasteiger partial charge in [-0.3, -0.25) is 0 Å². The largest absolute Gasteiger partial charge is 0.494 e. The zero-order valence-corrected chi connectivity index (χ0v) is 7.67. The molecule has 1 aliphatic heterocycles. The Morgan fingerprint density at radius 1 is 1.46 bits per heavy atom. The Morgan fingerprint density at radius 3 is 3.08 bits per heavy atom. The highest BCUT2D eigenvalue weighted by Crippen LogP contribution is 2.33. The van der Waals surface area contributed by atoms with E-state index in [4.69, 9.17) is 15.2 Å². The van der Waals surface area contributed by atoms with Gasteiger partial charge in [0.25, 0.3) is 0 Å². The Kier molecular flexibility index (Phi) is 2.00. The van der Waals surface area contributed by atoms with Crippen molar-refractivity contribution in [2.24, 2.45) is 0 Å². The van der Waals surface area contributed by atoms with Crippen LogP contribution in [0.15, 0.2) is 12.1 Å². The lowest BCUT2D eigenvalue weighted by molar-refractivity contribution is 0.286. The third-order valence-electron chi connectivity index (χ3n) is 2.26. The van der Waals surface area contributed by atoms with Gasteiger partial charge >= 0.3 is 0 Å². The zero-order chi connectivity index (χ0) is 9.26. The summed E-state index contributed by atoms with van der Waals surface area (Å²) in [5.74, 6) is 1.61. The SMILES string of the molecule is COc1cc2c(cc1N)CCCO2. The van der Waals surface area contributed by atoms with E-state index in [-0.39, 0.29) is 0 Å². The Bertz CT molecular complexity index is 323. The summed E-state index contributed by atoms with van der Waals surface area (Å²) >= 11 is 0. The number of aryl methyl sites for hydroxylation is 1. The molecule has 3 heteroatoms. The Labute approximate surface area is 77.5 Å². The summed E-state index contributed by atoms with van der Waals surface area (Å²) in [5.41, 5.74) is 7.65. The van der Waals surface area contributed by atoms with Gasteiger partial charge in [0.15, 0.2) is 0 Å². The number of anilines is 1. The van der Waals surface area contributed by atoms with Gasteiger partial charge in [-0.2, -0.15) is 0 Å². The monoisotopic (exact) mass is 179 g/mol. The van der Waals surface area contributed by atoms with Crippen LogP contribution in [-0.4, -0.2) is 13.7 Å². The highest BCUT2D eigenvalue weighted by atomic mass is 16.5. The number of nitrogen functional groups attached to an aromatic ring is 1. The van der Waals surface area contributed by atoms with Crippen LogP contribution >= 0.6 is 0 Å². The van der Waals surface area contributed by atoms with Crippen molar-refractivity contribution in [2.75, 3.05) is 19.5 Å². The van der Waals surface area contributed by atoms with Gasteiger partial charge in [0.2, 0.25) is 0 Å². The van der Waals surface area contributed by atoms with E-state index in [1.165, 1.54) is 5.56 Å². The molecule has 1 aliphatic rings. The molecular weight excluding hydrogens is 166 g/mol. The average molecular weight is 179 g/mol. The molecular formula is C10H13NO2. The van der Waals surface area contributed by atoms with E-state index in [2.05, 4.69) is 0 Å². The number of nitrogens with two attached hydrogens (primary N) is 1. The first kappa shape index (κ1) is 8.23. The maximum Gasteiger partial charge on any atom is 0.145 e. The molecule has 1 aromatic carbocycles. The van der Waals surface area contributed by atoms with Gasteiger partial charge in [-0.05, 0) is 24.5 Å². The highest BCUT2D eigenvalue weighted by Gasteiger charge is 2.13. The smallest absolute Gasteiger partial charge is 0.145 e. The molecule has 0 saturated heterocycles. The summed E-state index contributed by atoms with van der Waals surface area (Å²) in [5, 5.41) is 0. The quantitative estimate of drug-likeness (QED) is 0.666. The normalized spacial score (nSPS) is 14.5. The maximum atomic E-state index is 5.77. The minimum Gasteiger partial charge on any atom is -0.494 e. The van der Waals surface area contributed by atoms with Crippen LogP contribution in [0.5, 0.6) is 11.5 Å². The van der Waals surface area contributed by atoms with E-state index in [1.807, 2.05) is 12.1 Å². The molecule has 0 bridgehead atoms. The van der Waals surface area contributed by atoms with E-state index < -0.39 is 0 Å². The van der Waals surface area contributed by atoms with Crippen molar-refractivity contribution >= 4 is 5.69 Å². The Balaban J connectivity index is 2.44. The molecule has 0 aliphatic carbocycles. The second-order valence-corrected chi connectivity index (χ2v) is 3.15. The Morgan fingerprint density at radius 2 is 2.31 bits per heavy atom. The van der Waals surface area contributed by atoms with Crippen LogP contribution in [0.25, 0.3) is 0 Å². The highest BCUT2D eigenvalue weighted by molar-refractivity contribution is 5.59. The van der Waals surface area contributed by atoms with Gasteiger partial charge in [0, 0.05) is 6.07 Å². The first-order chi connectivity index (χ1) is 6.31.